The minimum Gasteiger partial charge on any atom is -0.321 e. The Balaban J connectivity index is 0.000000367. The number of amides is 1. The Morgan fingerprint density at radius 2 is 1.55 bits per heavy atom. The van der Waals surface area contributed by atoms with Gasteiger partial charge in [-0.1, -0.05) is 35.4 Å². The van der Waals surface area contributed by atoms with Gasteiger partial charge < -0.3 is 11.1 Å². The van der Waals surface area contributed by atoms with Crippen molar-refractivity contribution >= 4 is 27.5 Å². The van der Waals surface area contributed by atoms with Crippen LogP contribution in [0.3, 0.4) is 0 Å². The number of aryl methyl sites for hydroxylation is 3. The van der Waals surface area contributed by atoms with Crippen molar-refractivity contribution < 1.29 is 35.7 Å². The topological polar surface area (TPSA) is 127 Å². The Bertz CT molecular complexity index is 1040. The monoisotopic (exact) mass is 460 g/mol. The maximum absolute atomic E-state index is 12.1. The molecule has 1 atom stereocenters. The number of hydrogen-bond donors (Lipinski definition) is 3. The van der Waals surface area contributed by atoms with E-state index >= 15 is 0 Å². The molecule has 0 aliphatic carbocycles. The van der Waals surface area contributed by atoms with E-state index < -0.39 is 40.4 Å². The van der Waals surface area contributed by atoms with E-state index in [1.807, 2.05) is 13.8 Å². The maximum atomic E-state index is 12.1. The van der Waals surface area contributed by atoms with Crippen LogP contribution < -0.4 is 11.1 Å². The largest absolute Gasteiger partial charge is 0.391 e. The predicted molar refractivity (Wildman–Crippen MR) is 109 cm³/mol. The molecule has 0 aliphatic heterocycles. The van der Waals surface area contributed by atoms with Gasteiger partial charge in [-0.3, -0.25) is 14.1 Å². The third kappa shape index (κ3) is 9.28. The summed E-state index contributed by atoms with van der Waals surface area (Å²) >= 11 is 0. The lowest BCUT2D eigenvalue weighted by molar-refractivity contribution is -0.149. The average molecular weight is 460 g/mol. The number of carbonyl (C=O) groups is 2. The van der Waals surface area contributed by atoms with E-state index in [1.165, 1.54) is 12.1 Å². The Kier molecular flexibility index (Phi) is 8.91. The molecule has 31 heavy (non-hydrogen) atoms. The van der Waals surface area contributed by atoms with Crippen molar-refractivity contribution in [3.63, 3.8) is 0 Å². The molecule has 4 N–H and O–H groups in total. The zero-order valence-corrected chi connectivity index (χ0v) is 17.8. The molecule has 7 nitrogen and oxygen atoms in total. The highest BCUT2D eigenvalue weighted by Crippen LogP contribution is 2.21. The molecular weight excluding hydrogens is 437 g/mol. The Morgan fingerprint density at radius 3 is 2.00 bits per heavy atom. The molecule has 0 saturated heterocycles. The van der Waals surface area contributed by atoms with Gasteiger partial charge in [0.1, 0.15) is 0 Å². The van der Waals surface area contributed by atoms with Gasteiger partial charge in [0.05, 0.1) is 17.4 Å². The fraction of sp³-hybridized carbons (Fsp3) is 0.300. The van der Waals surface area contributed by atoms with Gasteiger partial charge in [0.2, 0.25) is 5.78 Å². The number of anilines is 1. The molecule has 0 bridgehead atoms. The second-order valence-corrected chi connectivity index (χ2v) is 8.27. The zero-order valence-electron chi connectivity index (χ0n) is 17.0. The molecule has 2 aromatic carbocycles. The summed E-state index contributed by atoms with van der Waals surface area (Å²) in [6.45, 7) is 5.40. The van der Waals surface area contributed by atoms with Gasteiger partial charge in [0.25, 0.3) is 16.0 Å². The number of rotatable bonds is 5. The lowest BCUT2D eigenvalue weighted by Gasteiger charge is -2.13. The Morgan fingerprint density at radius 1 is 1.03 bits per heavy atom. The van der Waals surface area contributed by atoms with Crippen LogP contribution in [0, 0.1) is 20.8 Å². The number of nitrogens with two attached hydrogens (primary N) is 1. The van der Waals surface area contributed by atoms with Crippen molar-refractivity contribution in [2.45, 2.75) is 44.3 Å². The van der Waals surface area contributed by atoms with Crippen LogP contribution in [0.5, 0.6) is 0 Å². The van der Waals surface area contributed by atoms with Gasteiger partial charge in [0, 0.05) is 5.69 Å². The second-order valence-electron chi connectivity index (χ2n) is 6.85. The molecule has 11 heteroatoms. The lowest BCUT2D eigenvalue weighted by atomic mass is 10.1. The molecular formula is C20H23F3N2O5S. The number of carbonyl (C=O) groups excluding carboxylic acids is 2. The van der Waals surface area contributed by atoms with Crippen molar-refractivity contribution in [3.05, 3.63) is 59.2 Å². The molecule has 0 radical (unpaired) electrons. The minimum absolute atomic E-state index is 0.0666. The highest BCUT2D eigenvalue weighted by atomic mass is 32.2. The van der Waals surface area contributed by atoms with E-state index in [1.54, 1.807) is 37.3 Å². The number of benzene rings is 2. The van der Waals surface area contributed by atoms with Gasteiger partial charge in [-0.15, -0.1) is 0 Å². The first-order valence-electron chi connectivity index (χ1n) is 8.89. The molecule has 1 unspecified atom stereocenters. The van der Waals surface area contributed by atoms with E-state index in [4.69, 9.17) is 10.3 Å². The van der Waals surface area contributed by atoms with Crippen LogP contribution in [-0.4, -0.2) is 36.9 Å². The summed E-state index contributed by atoms with van der Waals surface area (Å²) in [7, 11) is -4.02. The van der Waals surface area contributed by atoms with Gasteiger partial charge in [-0.2, -0.15) is 21.6 Å². The van der Waals surface area contributed by atoms with Crippen LogP contribution in [0.2, 0.25) is 0 Å². The van der Waals surface area contributed by atoms with Crippen molar-refractivity contribution in [3.8, 4) is 0 Å². The first-order chi connectivity index (χ1) is 14.1. The van der Waals surface area contributed by atoms with Crippen molar-refractivity contribution in [2.24, 2.45) is 5.73 Å². The predicted octanol–water partition coefficient (Wildman–Crippen LogP) is 3.33. The standard InChI is InChI=1S/C13H15F3N2O2.C7H8O3S/c1-7-3-4-10(8(2)5-7)18-12(20)11(19)9(17)6-13(14,15)16;1-6-2-4-7(5-3-6)11(8,9)10/h3-5,9H,6,17H2,1-2H3,(H,18,20);2-5H,1H3,(H,8,9,10). The molecule has 0 heterocycles. The summed E-state index contributed by atoms with van der Waals surface area (Å²) in [5.74, 6) is -2.43. The first kappa shape index (κ1) is 26.3. The highest BCUT2D eigenvalue weighted by Gasteiger charge is 2.35. The normalized spacial score (nSPS) is 12.4. The van der Waals surface area contributed by atoms with Crippen molar-refractivity contribution in [2.75, 3.05) is 5.32 Å². The highest BCUT2D eigenvalue weighted by molar-refractivity contribution is 7.85. The fourth-order valence-electron chi connectivity index (χ4n) is 2.36. The smallest absolute Gasteiger partial charge is 0.321 e. The molecule has 0 aliphatic rings. The van der Waals surface area contributed by atoms with Crippen LogP contribution in [0.1, 0.15) is 23.1 Å². The third-order valence-corrected chi connectivity index (χ3v) is 4.83. The average Bonchev–Trinajstić information content (AvgIpc) is 2.62. The number of Topliss-reactive ketones (excluding diaryl/α,β-unsaturated/α-hetero) is 1. The summed E-state index contributed by atoms with van der Waals surface area (Å²) in [5, 5.41) is 2.27. The molecule has 0 spiro atoms. The molecule has 2 aromatic rings. The Hall–Kier alpha value is -2.76. The zero-order chi connectivity index (χ0) is 24.0. The molecule has 170 valence electrons. The third-order valence-electron chi connectivity index (χ3n) is 3.96. The summed E-state index contributed by atoms with van der Waals surface area (Å²) in [6.07, 6.45) is -6.11. The number of hydrogen-bond acceptors (Lipinski definition) is 5. The molecule has 0 saturated carbocycles. The lowest BCUT2D eigenvalue weighted by Crippen LogP contribution is -2.42. The van der Waals surface area contributed by atoms with Gasteiger partial charge in [-0.25, -0.2) is 0 Å². The van der Waals surface area contributed by atoms with Crippen LogP contribution in [0.25, 0.3) is 0 Å². The quantitative estimate of drug-likeness (QED) is 0.464. The molecule has 0 aromatic heterocycles. The minimum atomic E-state index is -4.59. The maximum Gasteiger partial charge on any atom is 0.391 e. The van der Waals surface area contributed by atoms with Crippen LogP contribution in [0.4, 0.5) is 18.9 Å². The van der Waals surface area contributed by atoms with E-state index in [9.17, 15) is 31.2 Å². The van der Waals surface area contributed by atoms with Gasteiger partial charge >= 0.3 is 6.18 Å². The van der Waals surface area contributed by atoms with Crippen LogP contribution in [-0.2, 0) is 19.7 Å². The van der Waals surface area contributed by atoms with E-state index in [2.05, 4.69) is 5.32 Å². The molecule has 1 amide bonds. The number of halogens is 3. The number of nitrogens with one attached hydrogen (secondary N) is 1. The second kappa shape index (κ2) is 10.5. The van der Waals surface area contributed by atoms with Crippen molar-refractivity contribution in [1.29, 1.82) is 0 Å². The number of alkyl halides is 3. The van der Waals surface area contributed by atoms with Gasteiger partial charge in [0.15, 0.2) is 0 Å². The van der Waals surface area contributed by atoms with E-state index in [0.29, 0.717) is 11.3 Å². The Labute approximate surface area is 178 Å². The fourth-order valence-corrected chi connectivity index (χ4v) is 2.84. The summed E-state index contributed by atoms with van der Waals surface area (Å²) in [5.41, 5.74) is 8.08. The van der Waals surface area contributed by atoms with E-state index in [0.717, 1.165) is 11.1 Å². The summed E-state index contributed by atoms with van der Waals surface area (Å²) in [6, 6.07) is 9.16. The van der Waals surface area contributed by atoms with E-state index in [-0.39, 0.29) is 4.90 Å². The van der Waals surface area contributed by atoms with Crippen LogP contribution >= 0.6 is 0 Å². The molecule has 0 fully saturated rings. The first-order valence-corrected chi connectivity index (χ1v) is 10.3. The molecule has 2 rings (SSSR count). The SMILES string of the molecule is Cc1ccc(NC(=O)C(=O)C(N)CC(F)(F)F)c(C)c1.Cc1ccc(S(=O)(=O)O)cc1. The number of ketones is 1. The van der Waals surface area contributed by atoms with Crippen molar-refractivity contribution in [1.82, 2.24) is 0 Å². The van der Waals surface area contributed by atoms with Gasteiger partial charge in [-0.05, 0) is 44.5 Å². The van der Waals surface area contributed by atoms with Crippen LogP contribution in [0.15, 0.2) is 47.4 Å². The summed E-state index contributed by atoms with van der Waals surface area (Å²) in [4.78, 5) is 23.0. The summed E-state index contributed by atoms with van der Waals surface area (Å²) < 4.78 is 65.9.